The molecule has 0 rings (SSSR count). The van der Waals surface area contributed by atoms with Crippen LogP contribution in [0.1, 0.15) is 111 Å². The smallest absolute Gasteiger partial charge is 0.303 e. The maximum Gasteiger partial charge on any atom is 0.303 e. The highest BCUT2D eigenvalue weighted by atomic mass is 16.6. The molecule has 0 spiro atoms. The zero-order valence-electron chi connectivity index (χ0n) is 20.3. The Labute approximate surface area is 189 Å². The summed E-state index contributed by atoms with van der Waals surface area (Å²) in [6.45, 7) is 6.21. The van der Waals surface area contributed by atoms with E-state index in [-0.39, 0.29) is 12.5 Å². The van der Waals surface area contributed by atoms with Crippen LogP contribution in [0.25, 0.3) is 0 Å². The van der Waals surface area contributed by atoms with Crippen molar-refractivity contribution in [1.29, 1.82) is 0 Å². The Morgan fingerprint density at radius 1 is 0.774 bits per heavy atom. The topological polar surface area (TPSA) is 81.7 Å². The second-order valence-corrected chi connectivity index (χ2v) is 8.29. The minimum Gasteiger partial charge on any atom is -0.464 e. The van der Waals surface area contributed by atoms with E-state index in [2.05, 4.69) is 12.2 Å². The number of unbranched alkanes of at least 4 members (excludes halogenated alkanes) is 12. The van der Waals surface area contributed by atoms with Gasteiger partial charge in [0.05, 0.1) is 0 Å². The normalized spacial score (nSPS) is 13.0. The Bertz CT molecular complexity index is 518. The van der Waals surface area contributed by atoms with Crippen LogP contribution in [0.15, 0.2) is 12.2 Å². The number of carbonyl (C=O) groups excluding carboxylic acids is 3. The van der Waals surface area contributed by atoms with Crippen molar-refractivity contribution in [3.8, 4) is 0 Å². The molecule has 6 nitrogen and oxygen atoms in total. The molecule has 0 aliphatic heterocycles. The second kappa shape index (κ2) is 20.1. The Hall–Kier alpha value is -1.85. The van der Waals surface area contributed by atoms with Crippen molar-refractivity contribution in [2.75, 3.05) is 6.61 Å². The largest absolute Gasteiger partial charge is 0.464 e. The van der Waals surface area contributed by atoms with Crippen LogP contribution in [-0.2, 0) is 23.9 Å². The van der Waals surface area contributed by atoms with E-state index < -0.39 is 24.1 Å². The van der Waals surface area contributed by atoms with Gasteiger partial charge in [-0.1, -0.05) is 83.6 Å². The maximum atomic E-state index is 11.5. The molecule has 0 heterocycles. The molecule has 0 aliphatic carbocycles. The van der Waals surface area contributed by atoms with Gasteiger partial charge in [-0.2, -0.15) is 0 Å². The molecule has 0 saturated carbocycles. The monoisotopic (exact) mass is 439 g/mol. The Morgan fingerprint density at radius 2 is 1.29 bits per heavy atom. The average molecular weight is 440 g/mol. The first-order chi connectivity index (χ1) is 14.9. The first-order valence-electron chi connectivity index (χ1n) is 12.1. The van der Waals surface area contributed by atoms with Gasteiger partial charge >= 0.3 is 11.9 Å². The Kier molecular flexibility index (Phi) is 18.9. The summed E-state index contributed by atoms with van der Waals surface area (Å²) >= 11 is 0. The number of esters is 2. The predicted octanol–water partition coefficient (Wildman–Crippen LogP) is 5.63. The molecule has 0 radical (unpaired) electrons. The number of hydrogen-bond acceptors (Lipinski definition) is 5. The van der Waals surface area contributed by atoms with Crippen LogP contribution in [0, 0.1) is 0 Å². The van der Waals surface area contributed by atoms with Gasteiger partial charge in [-0.05, 0) is 18.9 Å². The van der Waals surface area contributed by atoms with Crippen molar-refractivity contribution in [3.05, 3.63) is 12.2 Å². The number of allylic oxidation sites excluding steroid dienone is 1. The first kappa shape index (κ1) is 29.1. The minimum atomic E-state index is -0.668. The lowest BCUT2D eigenvalue weighted by Crippen LogP contribution is -2.46. The molecule has 6 heteroatoms. The van der Waals surface area contributed by atoms with Gasteiger partial charge in [0.1, 0.15) is 18.8 Å². The van der Waals surface area contributed by atoms with Gasteiger partial charge in [0.25, 0.3) is 0 Å². The summed E-state index contributed by atoms with van der Waals surface area (Å²) in [5.74, 6) is -1.17. The summed E-state index contributed by atoms with van der Waals surface area (Å²) in [5, 5.41) is 2.70. The lowest BCUT2D eigenvalue weighted by molar-refractivity contribution is -0.149. The van der Waals surface area contributed by atoms with E-state index in [9.17, 15) is 14.4 Å². The first-order valence-corrected chi connectivity index (χ1v) is 12.1. The summed E-state index contributed by atoms with van der Waals surface area (Å²) in [7, 11) is 0. The van der Waals surface area contributed by atoms with Crippen LogP contribution in [0.5, 0.6) is 0 Å². The van der Waals surface area contributed by atoms with Crippen LogP contribution >= 0.6 is 0 Å². The van der Waals surface area contributed by atoms with Gasteiger partial charge in [-0.25, -0.2) is 0 Å². The summed E-state index contributed by atoms with van der Waals surface area (Å²) < 4.78 is 10.3. The molecule has 1 N–H and O–H groups in total. The van der Waals surface area contributed by atoms with Gasteiger partial charge in [-0.15, -0.1) is 0 Å². The third-order valence-electron chi connectivity index (χ3n) is 5.10. The number of amides is 1. The molecule has 0 bridgehead atoms. The van der Waals surface area contributed by atoms with Gasteiger partial charge in [0, 0.05) is 20.8 Å². The van der Waals surface area contributed by atoms with Gasteiger partial charge < -0.3 is 14.8 Å². The summed E-state index contributed by atoms with van der Waals surface area (Å²) in [5.41, 5.74) is 0. The molecule has 2 atom stereocenters. The number of ether oxygens (including phenoxy) is 2. The zero-order chi connectivity index (χ0) is 23.3. The molecular weight excluding hydrogens is 394 g/mol. The highest BCUT2D eigenvalue weighted by Crippen LogP contribution is 2.13. The molecule has 0 aromatic carbocycles. The summed E-state index contributed by atoms with van der Waals surface area (Å²) in [4.78, 5) is 34.0. The van der Waals surface area contributed by atoms with Crippen molar-refractivity contribution in [2.24, 2.45) is 0 Å². The van der Waals surface area contributed by atoms with E-state index in [4.69, 9.17) is 9.47 Å². The fourth-order valence-corrected chi connectivity index (χ4v) is 3.47. The van der Waals surface area contributed by atoms with Crippen molar-refractivity contribution in [3.63, 3.8) is 0 Å². The van der Waals surface area contributed by atoms with E-state index in [0.717, 1.165) is 12.8 Å². The third kappa shape index (κ3) is 19.8. The molecule has 31 heavy (non-hydrogen) atoms. The lowest BCUT2D eigenvalue weighted by atomic mass is 10.0. The van der Waals surface area contributed by atoms with Crippen molar-refractivity contribution < 1.29 is 23.9 Å². The number of carbonyl (C=O) groups is 3. The summed E-state index contributed by atoms with van der Waals surface area (Å²) in [6.07, 6.45) is 19.7. The van der Waals surface area contributed by atoms with Gasteiger partial charge in [-0.3, -0.25) is 14.4 Å². The van der Waals surface area contributed by atoms with Crippen LogP contribution < -0.4 is 5.32 Å². The van der Waals surface area contributed by atoms with Crippen molar-refractivity contribution in [2.45, 2.75) is 123 Å². The average Bonchev–Trinajstić information content (AvgIpc) is 2.69. The molecule has 0 aromatic rings. The minimum absolute atomic E-state index is 0.0458. The van der Waals surface area contributed by atoms with Crippen molar-refractivity contribution >= 4 is 17.8 Å². The van der Waals surface area contributed by atoms with E-state index in [0.29, 0.717) is 0 Å². The van der Waals surface area contributed by atoms with Gasteiger partial charge in [0.15, 0.2) is 0 Å². The van der Waals surface area contributed by atoms with Crippen LogP contribution in [0.2, 0.25) is 0 Å². The lowest BCUT2D eigenvalue weighted by Gasteiger charge is -2.24. The molecule has 0 saturated heterocycles. The van der Waals surface area contributed by atoms with Gasteiger partial charge in [0.2, 0.25) is 5.91 Å². The number of rotatable bonds is 19. The SMILES string of the molecule is CCCCCCCCCCCCCC/C=C/[C@@H](OC(C)=O)[C@H](COC(C)=O)NC(C)=O. The zero-order valence-corrected chi connectivity index (χ0v) is 20.3. The molecule has 0 aromatic heterocycles. The van der Waals surface area contributed by atoms with E-state index in [1.165, 1.54) is 91.4 Å². The number of hydrogen-bond donors (Lipinski definition) is 1. The summed E-state index contributed by atoms with van der Waals surface area (Å²) in [6, 6.07) is -0.608. The number of nitrogens with one attached hydrogen (secondary N) is 1. The Morgan fingerprint density at radius 3 is 1.74 bits per heavy atom. The molecular formula is C25H45NO5. The van der Waals surface area contributed by atoms with Crippen LogP contribution in [0.3, 0.4) is 0 Å². The Balaban J connectivity index is 4.12. The molecule has 180 valence electrons. The quantitative estimate of drug-likeness (QED) is 0.160. The van der Waals surface area contributed by atoms with Crippen LogP contribution in [-0.4, -0.2) is 36.6 Å². The highest BCUT2D eigenvalue weighted by molar-refractivity contribution is 5.73. The van der Waals surface area contributed by atoms with Crippen molar-refractivity contribution in [1.82, 2.24) is 5.32 Å². The standard InChI is InChI=1S/C25H45NO5/c1-5-6-7-8-9-10-11-12-13-14-15-16-17-18-19-25(31-23(4)29)24(26-21(2)27)20-30-22(3)28/h18-19,24-25H,5-17,20H2,1-4H3,(H,26,27)/b19-18+/t24-,25+/m0/s1. The van der Waals surface area contributed by atoms with Crippen LogP contribution in [0.4, 0.5) is 0 Å². The van der Waals surface area contributed by atoms with E-state index in [1.807, 2.05) is 6.08 Å². The molecule has 1 amide bonds. The fourth-order valence-electron chi connectivity index (χ4n) is 3.47. The predicted molar refractivity (Wildman–Crippen MR) is 125 cm³/mol. The molecule has 0 unspecified atom stereocenters. The third-order valence-corrected chi connectivity index (χ3v) is 5.10. The molecule has 0 aliphatic rings. The van der Waals surface area contributed by atoms with E-state index >= 15 is 0 Å². The fraction of sp³-hybridized carbons (Fsp3) is 0.800. The highest BCUT2D eigenvalue weighted by Gasteiger charge is 2.24. The maximum absolute atomic E-state index is 11.5. The second-order valence-electron chi connectivity index (χ2n) is 8.29. The molecule has 0 fully saturated rings. The van der Waals surface area contributed by atoms with E-state index in [1.54, 1.807) is 6.08 Å².